The number of ether oxygens (including phenoxy) is 1. The van der Waals surface area contributed by atoms with Crippen molar-refractivity contribution in [1.82, 2.24) is 9.99 Å². The minimum Gasteiger partial charge on any atom is -0.494 e. The normalized spacial score (nSPS) is 10.8. The predicted molar refractivity (Wildman–Crippen MR) is 125 cm³/mol. The molecule has 0 aliphatic carbocycles. The highest BCUT2D eigenvalue weighted by atomic mass is 35.5. The molecule has 1 heterocycles. The van der Waals surface area contributed by atoms with E-state index in [-0.39, 0.29) is 16.6 Å². The molecule has 0 fully saturated rings. The highest BCUT2D eigenvalue weighted by Crippen LogP contribution is 2.30. The van der Waals surface area contributed by atoms with Crippen LogP contribution < -0.4 is 20.8 Å². The number of aromatic nitrogens is 1. The van der Waals surface area contributed by atoms with E-state index in [0.29, 0.717) is 33.9 Å². The second-order valence-electron chi connectivity index (χ2n) is 7.39. The third kappa shape index (κ3) is 5.15. The standard InChI is InChI=1S/C22H22Cl2N4O4/c1-12(2)11-25-21(30)22(31)27-28-17(9-13-5-4-6-18(32-3)19(13)28)20(29)26-16-8-7-14(23)10-15(16)24/h4-10,12H,11H2,1-3H3,(H,25,30)(H,26,29)(H,27,31). The van der Waals surface area contributed by atoms with Crippen LogP contribution in [0.3, 0.4) is 0 Å². The molecule has 2 aromatic carbocycles. The Balaban J connectivity index is 1.99. The second kappa shape index (κ2) is 9.93. The van der Waals surface area contributed by atoms with Gasteiger partial charge in [0, 0.05) is 17.0 Å². The number of hydrogen-bond donors (Lipinski definition) is 3. The van der Waals surface area contributed by atoms with Crippen molar-refractivity contribution in [2.45, 2.75) is 13.8 Å². The van der Waals surface area contributed by atoms with E-state index in [0.717, 1.165) is 0 Å². The maximum Gasteiger partial charge on any atom is 0.328 e. The molecule has 3 rings (SSSR count). The van der Waals surface area contributed by atoms with Crippen LogP contribution in [0.2, 0.25) is 10.0 Å². The van der Waals surface area contributed by atoms with E-state index in [4.69, 9.17) is 27.9 Å². The van der Waals surface area contributed by atoms with Gasteiger partial charge in [-0.15, -0.1) is 0 Å². The van der Waals surface area contributed by atoms with Crippen LogP contribution in [0.4, 0.5) is 5.69 Å². The molecule has 3 aromatic rings. The quantitative estimate of drug-likeness (QED) is 0.467. The molecule has 1 aromatic heterocycles. The lowest BCUT2D eigenvalue weighted by atomic mass is 10.2. The van der Waals surface area contributed by atoms with Crippen LogP contribution in [-0.4, -0.2) is 36.1 Å². The van der Waals surface area contributed by atoms with E-state index in [9.17, 15) is 14.4 Å². The number of nitrogens with one attached hydrogen (secondary N) is 3. The zero-order valence-electron chi connectivity index (χ0n) is 17.7. The maximum absolute atomic E-state index is 13.1. The van der Waals surface area contributed by atoms with Crippen LogP contribution in [0.25, 0.3) is 10.9 Å². The fraction of sp³-hybridized carbons (Fsp3) is 0.227. The first-order chi connectivity index (χ1) is 15.2. The highest BCUT2D eigenvalue weighted by molar-refractivity contribution is 6.38. The molecule has 0 spiro atoms. The van der Waals surface area contributed by atoms with Gasteiger partial charge in [-0.3, -0.25) is 19.8 Å². The van der Waals surface area contributed by atoms with Crippen LogP contribution in [0.5, 0.6) is 5.75 Å². The summed E-state index contributed by atoms with van der Waals surface area (Å²) in [7, 11) is 1.47. The summed E-state index contributed by atoms with van der Waals surface area (Å²) in [5.74, 6) is -1.72. The zero-order valence-corrected chi connectivity index (χ0v) is 19.2. The fourth-order valence-electron chi connectivity index (χ4n) is 2.98. The summed E-state index contributed by atoms with van der Waals surface area (Å²) in [6.45, 7) is 4.16. The lowest BCUT2D eigenvalue weighted by Crippen LogP contribution is -2.41. The van der Waals surface area contributed by atoms with Crippen LogP contribution in [0.1, 0.15) is 24.3 Å². The first-order valence-corrected chi connectivity index (χ1v) is 10.5. The molecular formula is C22H22Cl2N4O4. The molecule has 0 atom stereocenters. The number of carbonyl (C=O) groups excluding carboxylic acids is 3. The first-order valence-electron chi connectivity index (χ1n) is 9.75. The van der Waals surface area contributed by atoms with E-state index in [1.807, 2.05) is 13.8 Å². The molecule has 10 heteroatoms. The summed E-state index contributed by atoms with van der Waals surface area (Å²) in [5.41, 5.74) is 3.33. The van der Waals surface area contributed by atoms with Gasteiger partial charge in [-0.05, 0) is 36.2 Å². The number of methoxy groups -OCH3 is 1. The van der Waals surface area contributed by atoms with E-state index >= 15 is 0 Å². The topological polar surface area (TPSA) is 101 Å². The van der Waals surface area contributed by atoms with E-state index in [1.165, 1.54) is 17.9 Å². The van der Waals surface area contributed by atoms with Gasteiger partial charge in [0.25, 0.3) is 5.91 Å². The van der Waals surface area contributed by atoms with Gasteiger partial charge in [0.1, 0.15) is 17.0 Å². The Morgan fingerprint density at radius 1 is 1.06 bits per heavy atom. The van der Waals surface area contributed by atoms with Crippen molar-refractivity contribution in [3.05, 3.63) is 58.2 Å². The summed E-state index contributed by atoms with van der Waals surface area (Å²) >= 11 is 12.1. The van der Waals surface area contributed by atoms with Gasteiger partial charge in [-0.1, -0.05) is 49.2 Å². The van der Waals surface area contributed by atoms with Crippen molar-refractivity contribution in [1.29, 1.82) is 0 Å². The monoisotopic (exact) mass is 476 g/mol. The third-order valence-electron chi connectivity index (χ3n) is 4.51. The van der Waals surface area contributed by atoms with Gasteiger partial charge in [0.05, 0.1) is 17.8 Å². The largest absolute Gasteiger partial charge is 0.494 e. The Labute approximate surface area is 194 Å². The highest BCUT2D eigenvalue weighted by Gasteiger charge is 2.23. The number of benzene rings is 2. The Morgan fingerprint density at radius 2 is 1.81 bits per heavy atom. The van der Waals surface area contributed by atoms with Crippen molar-refractivity contribution >= 4 is 57.5 Å². The lowest BCUT2D eigenvalue weighted by Gasteiger charge is -2.14. The number of hydrogen-bond acceptors (Lipinski definition) is 4. The molecule has 0 saturated heterocycles. The minimum absolute atomic E-state index is 0.0699. The molecule has 32 heavy (non-hydrogen) atoms. The van der Waals surface area contributed by atoms with Gasteiger partial charge in [-0.25, -0.2) is 4.68 Å². The van der Waals surface area contributed by atoms with Gasteiger partial charge >= 0.3 is 11.8 Å². The smallest absolute Gasteiger partial charge is 0.328 e. The number of para-hydroxylation sites is 1. The SMILES string of the molecule is COc1cccc2cc(C(=O)Nc3ccc(Cl)cc3Cl)n(NC(=O)C(=O)NCC(C)C)c12. The molecule has 0 aliphatic rings. The Bertz CT molecular complexity index is 1190. The molecule has 0 bridgehead atoms. The number of carbonyl (C=O) groups is 3. The van der Waals surface area contributed by atoms with Crippen molar-refractivity contribution in [3.63, 3.8) is 0 Å². The Morgan fingerprint density at radius 3 is 2.47 bits per heavy atom. The van der Waals surface area contributed by atoms with Crippen LogP contribution in [-0.2, 0) is 9.59 Å². The summed E-state index contributed by atoms with van der Waals surface area (Å²) in [6, 6.07) is 11.4. The van der Waals surface area contributed by atoms with Gasteiger partial charge in [-0.2, -0.15) is 0 Å². The second-order valence-corrected chi connectivity index (χ2v) is 8.23. The van der Waals surface area contributed by atoms with Crippen molar-refractivity contribution < 1.29 is 19.1 Å². The molecule has 8 nitrogen and oxygen atoms in total. The van der Waals surface area contributed by atoms with Crippen LogP contribution in [0, 0.1) is 5.92 Å². The zero-order chi connectivity index (χ0) is 23.4. The molecule has 0 saturated carbocycles. The average Bonchev–Trinajstić information content (AvgIpc) is 3.12. The predicted octanol–water partition coefficient (Wildman–Crippen LogP) is 4.05. The van der Waals surface area contributed by atoms with Gasteiger partial charge < -0.3 is 15.4 Å². The Kier molecular flexibility index (Phi) is 7.27. The number of fused-ring (bicyclic) bond motifs is 1. The molecule has 3 amide bonds. The summed E-state index contributed by atoms with van der Waals surface area (Å²) in [6.07, 6.45) is 0. The minimum atomic E-state index is -0.923. The summed E-state index contributed by atoms with van der Waals surface area (Å²) < 4.78 is 6.62. The summed E-state index contributed by atoms with van der Waals surface area (Å²) in [4.78, 5) is 37.8. The molecule has 0 aliphatic heterocycles. The third-order valence-corrected chi connectivity index (χ3v) is 5.06. The van der Waals surface area contributed by atoms with Crippen LogP contribution in [0.15, 0.2) is 42.5 Å². The van der Waals surface area contributed by atoms with Crippen molar-refractivity contribution in [2.24, 2.45) is 5.92 Å². The van der Waals surface area contributed by atoms with E-state index in [2.05, 4.69) is 16.1 Å². The summed E-state index contributed by atoms with van der Waals surface area (Å²) in [5, 5.41) is 6.54. The number of nitrogens with zero attached hydrogens (tertiary/aromatic N) is 1. The van der Waals surface area contributed by atoms with Gasteiger partial charge in [0.15, 0.2) is 0 Å². The van der Waals surface area contributed by atoms with Gasteiger partial charge in [0.2, 0.25) is 0 Å². The molecule has 0 radical (unpaired) electrons. The number of rotatable bonds is 6. The Hall–Kier alpha value is -3.23. The molecule has 0 unspecified atom stereocenters. The van der Waals surface area contributed by atoms with E-state index < -0.39 is 17.7 Å². The lowest BCUT2D eigenvalue weighted by molar-refractivity contribution is -0.136. The van der Waals surface area contributed by atoms with Crippen molar-refractivity contribution in [2.75, 3.05) is 24.4 Å². The average molecular weight is 477 g/mol. The molecular weight excluding hydrogens is 455 g/mol. The first kappa shape index (κ1) is 23.4. The number of halogens is 2. The van der Waals surface area contributed by atoms with Crippen molar-refractivity contribution in [3.8, 4) is 5.75 Å². The number of amides is 3. The fourth-order valence-corrected chi connectivity index (χ4v) is 3.44. The molecule has 3 N–H and O–H groups in total. The molecule has 168 valence electrons. The maximum atomic E-state index is 13.1. The van der Waals surface area contributed by atoms with Crippen LogP contribution >= 0.6 is 23.2 Å². The number of anilines is 1. The van der Waals surface area contributed by atoms with E-state index in [1.54, 1.807) is 36.4 Å².